The van der Waals surface area contributed by atoms with Crippen molar-refractivity contribution in [2.24, 2.45) is 11.7 Å². The second kappa shape index (κ2) is 16.5. The molecule has 4 unspecified atom stereocenters. The fourth-order valence-electron chi connectivity index (χ4n) is 3.65. The number of carboxylic acid groups (broad SMARTS) is 1. The third kappa shape index (κ3) is 10.7. The van der Waals surface area contributed by atoms with E-state index in [1.54, 1.807) is 12.4 Å². The number of halogens is 4. The molecule has 8 nitrogen and oxygen atoms in total. The number of nitrogens with one attached hydrogen (secondary N) is 1. The van der Waals surface area contributed by atoms with Crippen molar-refractivity contribution in [1.82, 2.24) is 14.9 Å². The van der Waals surface area contributed by atoms with Crippen LogP contribution in [-0.2, 0) is 16.0 Å². The molecule has 2 aromatic heterocycles. The van der Waals surface area contributed by atoms with Gasteiger partial charge in [0.1, 0.15) is 22.5 Å². The van der Waals surface area contributed by atoms with Crippen LogP contribution < -0.4 is 16.4 Å². The summed E-state index contributed by atoms with van der Waals surface area (Å²) in [6.45, 7) is 10.4. The van der Waals surface area contributed by atoms with Gasteiger partial charge in [-0.15, -0.1) is 11.3 Å². The Morgan fingerprint density at radius 2 is 1.93 bits per heavy atom. The van der Waals surface area contributed by atoms with E-state index < -0.39 is 18.1 Å². The Labute approximate surface area is 258 Å². The zero-order chi connectivity index (χ0) is 32.3. The zero-order valence-corrected chi connectivity index (χ0v) is 26.3. The molecule has 0 bridgehead atoms. The zero-order valence-electron chi connectivity index (χ0n) is 23.7. The number of aromatic nitrogens is 2. The number of carbonyl (C=O) groups excluding carboxylic acids is 2. The number of nitrogens with zero attached hydrogens (tertiary/aromatic N) is 2. The molecule has 43 heavy (non-hydrogen) atoms. The maximum absolute atomic E-state index is 12.3. The van der Waals surface area contributed by atoms with E-state index in [4.69, 9.17) is 27.2 Å². The molecular formula is C29H33ClF3N4O4PS. The van der Waals surface area contributed by atoms with Gasteiger partial charge in [-0.05, 0) is 66.6 Å². The molecule has 0 radical (unpaired) electrons. The highest BCUT2D eigenvalue weighted by molar-refractivity contribution is 7.49. The van der Waals surface area contributed by atoms with Crippen LogP contribution in [0.2, 0.25) is 0 Å². The number of aliphatic carboxylic acids is 1. The number of allylic oxidation sites excluding steroid dienone is 5. The number of hydrogen-bond donors (Lipinski definition) is 3. The monoisotopic (exact) mass is 656 g/mol. The summed E-state index contributed by atoms with van der Waals surface area (Å²) in [6.07, 6.45) is 5.67. The van der Waals surface area contributed by atoms with Crippen molar-refractivity contribution in [2.45, 2.75) is 45.1 Å². The van der Waals surface area contributed by atoms with Crippen molar-refractivity contribution in [3.8, 4) is 5.00 Å². The second-order valence-corrected chi connectivity index (χ2v) is 12.7. The average Bonchev–Trinajstić information content (AvgIpc) is 3.56. The topological polar surface area (TPSA) is 127 Å². The predicted molar refractivity (Wildman–Crippen MR) is 168 cm³/mol. The molecule has 4 atom stereocenters. The van der Waals surface area contributed by atoms with Gasteiger partial charge in [0.25, 0.3) is 5.91 Å². The molecule has 3 rings (SSSR count). The first-order chi connectivity index (χ1) is 20.2. The number of carbonyl (C=O) groups is 3. The normalized spacial score (nSPS) is 14.4. The summed E-state index contributed by atoms with van der Waals surface area (Å²) in [6, 6.07) is 8.02. The molecule has 0 aliphatic rings. The standard InChI is InChI=1S/C27H32ClN4O2PS.C2HF3O2/c1-5-6-7-8-21(28)18(3)19(4)35-24-14-25(36-26(24)27(29)34)32-16-31-22-10-9-20(13-23(22)32)11-12-30-17(2)15-33;3-2(4,5)1(6)7/h5-10,13-19,30,35H,1,11-12H2,2-4H3,(H2,29,34);(H,6,7)/b7-6-,21-8+;. The number of amides is 1. The van der Waals surface area contributed by atoms with Crippen LogP contribution in [0.15, 0.2) is 66.5 Å². The smallest absolute Gasteiger partial charge is 0.475 e. The van der Waals surface area contributed by atoms with Crippen LogP contribution in [0.3, 0.4) is 0 Å². The number of imidazole rings is 1. The molecule has 0 aliphatic heterocycles. The van der Waals surface area contributed by atoms with E-state index in [9.17, 15) is 22.8 Å². The minimum atomic E-state index is -5.08. The van der Waals surface area contributed by atoms with Crippen LogP contribution in [0.5, 0.6) is 0 Å². The summed E-state index contributed by atoms with van der Waals surface area (Å²) in [5, 5.41) is 12.9. The van der Waals surface area contributed by atoms with E-state index in [2.05, 4.69) is 36.8 Å². The lowest BCUT2D eigenvalue weighted by molar-refractivity contribution is -0.192. The molecule has 0 saturated heterocycles. The number of hydrogen-bond acceptors (Lipinski definition) is 6. The summed E-state index contributed by atoms with van der Waals surface area (Å²) in [5.74, 6) is -3.06. The number of rotatable bonds is 13. The van der Waals surface area contributed by atoms with E-state index in [1.165, 1.54) is 11.3 Å². The molecule has 1 aromatic carbocycles. The van der Waals surface area contributed by atoms with Crippen molar-refractivity contribution in [2.75, 3.05) is 6.54 Å². The number of nitrogens with two attached hydrogens (primary N) is 1. The van der Waals surface area contributed by atoms with Gasteiger partial charge in [-0.3, -0.25) is 9.36 Å². The number of aldehydes is 1. The molecular weight excluding hydrogens is 624 g/mol. The summed E-state index contributed by atoms with van der Waals surface area (Å²) < 4.78 is 33.7. The van der Waals surface area contributed by atoms with E-state index in [1.807, 2.05) is 47.9 Å². The fourth-order valence-corrected chi connectivity index (χ4v) is 6.75. The van der Waals surface area contributed by atoms with Gasteiger partial charge in [-0.2, -0.15) is 13.2 Å². The number of carboxylic acids is 1. The molecule has 0 saturated carbocycles. The van der Waals surface area contributed by atoms with Crippen molar-refractivity contribution >= 4 is 66.0 Å². The molecule has 3 aromatic rings. The van der Waals surface area contributed by atoms with Gasteiger partial charge in [0.15, 0.2) is 0 Å². The second-order valence-electron chi connectivity index (χ2n) is 9.45. The Balaban J connectivity index is 0.000000821. The maximum atomic E-state index is 12.3. The molecule has 0 aliphatic carbocycles. The Bertz CT molecular complexity index is 1500. The summed E-state index contributed by atoms with van der Waals surface area (Å²) in [7, 11) is 0.365. The van der Waals surface area contributed by atoms with Gasteiger partial charge in [0, 0.05) is 5.03 Å². The van der Waals surface area contributed by atoms with E-state index in [0.29, 0.717) is 20.0 Å². The SMILES string of the molecule is C=C/C=C\C=C(\Cl)C(C)C(C)Pc1cc(-n2cnc3ccc(CCNC(C)C=O)cc32)sc1C(N)=O.O=C(O)C(F)(F)F. The first-order valence-corrected chi connectivity index (χ1v) is 15.3. The number of benzene rings is 1. The van der Waals surface area contributed by atoms with Crippen molar-refractivity contribution in [1.29, 1.82) is 0 Å². The number of alkyl halides is 3. The maximum Gasteiger partial charge on any atom is 0.490 e. The van der Waals surface area contributed by atoms with Gasteiger partial charge in [0.2, 0.25) is 0 Å². The molecule has 4 N–H and O–H groups in total. The largest absolute Gasteiger partial charge is 0.490 e. The third-order valence-electron chi connectivity index (χ3n) is 6.19. The fraction of sp³-hybridized carbons (Fsp3) is 0.310. The van der Waals surface area contributed by atoms with Gasteiger partial charge >= 0.3 is 12.1 Å². The molecule has 0 fully saturated rings. The minimum Gasteiger partial charge on any atom is -0.475 e. The van der Waals surface area contributed by atoms with Crippen LogP contribution in [0.1, 0.15) is 36.0 Å². The summed E-state index contributed by atoms with van der Waals surface area (Å²) in [4.78, 5) is 37.2. The molecule has 232 valence electrons. The van der Waals surface area contributed by atoms with E-state index in [-0.39, 0.29) is 17.6 Å². The average molecular weight is 657 g/mol. The molecule has 2 heterocycles. The Morgan fingerprint density at radius 1 is 1.26 bits per heavy atom. The van der Waals surface area contributed by atoms with Gasteiger partial charge in [0.05, 0.1) is 17.1 Å². The Kier molecular flexibility index (Phi) is 13.8. The van der Waals surface area contributed by atoms with Crippen LogP contribution in [0, 0.1) is 5.92 Å². The highest BCUT2D eigenvalue weighted by Crippen LogP contribution is 2.35. The third-order valence-corrected chi connectivity index (χ3v) is 9.65. The lowest BCUT2D eigenvalue weighted by atomic mass is 10.1. The molecule has 1 amide bonds. The van der Waals surface area contributed by atoms with Crippen LogP contribution in [0.25, 0.3) is 16.0 Å². The predicted octanol–water partition coefficient (Wildman–Crippen LogP) is 5.73. The van der Waals surface area contributed by atoms with Crippen molar-refractivity contribution < 1.29 is 32.7 Å². The van der Waals surface area contributed by atoms with Crippen molar-refractivity contribution in [3.05, 3.63) is 76.9 Å². The van der Waals surface area contributed by atoms with Crippen LogP contribution >= 0.6 is 31.5 Å². The first kappa shape index (κ1) is 35.9. The summed E-state index contributed by atoms with van der Waals surface area (Å²) >= 11 is 7.90. The summed E-state index contributed by atoms with van der Waals surface area (Å²) in [5.41, 5.74) is 8.96. The van der Waals surface area contributed by atoms with E-state index in [0.717, 1.165) is 44.6 Å². The molecule has 14 heteroatoms. The lowest BCUT2D eigenvalue weighted by Crippen LogP contribution is -2.29. The molecule has 0 spiro atoms. The van der Waals surface area contributed by atoms with Gasteiger partial charge < -0.3 is 21.0 Å². The van der Waals surface area contributed by atoms with Gasteiger partial charge in [-0.1, -0.05) is 64.9 Å². The van der Waals surface area contributed by atoms with Crippen LogP contribution in [-0.4, -0.2) is 57.2 Å². The minimum absolute atomic E-state index is 0.121. The quantitative estimate of drug-likeness (QED) is 0.123. The van der Waals surface area contributed by atoms with Crippen LogP contribution in [0.4, 0.5) is 13.2 Å². The number of fused-ring (bicyclic) bond motifs is 1. The Hall–Kier alpha value is -3.31. The Morgan fingerprint density at radius 3 is 2.51 bits per heavy atom. The van der Waals surface area contributed by atoms with E-state index >= 15 is 0 Å². The first-order valence-electron chi connectivity index (χ1n) is 13.0. The van der Waals surface area contributed by atoms with Crippen molar-refractivity contribution in [3.63, 3.8) is 0 Å². The highest BCUT2D eigenvalue weighted by Gasteiger charge is 2.38. The van der Waals surface area contributed by atoms with Gasteiger partial charge in [-0.25, -0.2) is 9.78 Å². The lowest BCUT2D eigenvalue weighted by Gasteiger charge is -2.19. The highest BCUT2D eigenvalue weighted by atomic mass is 35.5. The number of thiophene rings is 1. The number of primary amides is 1.